The number of benzene rings is 3. The molecular weight excluding hydrogens is 489 g/mol. The quantitative estimate of drug-likeness (QED) is 0.183. The minimum atomic E-state index is -0.260. The minimum absolute atomic E-state index is 0.122. The highest BCUT2D eigenvalue weighted by Gasteiger charge is 2.17. The number of hydrazone groups is 1. The molecule has 3 aromatic carbocycles. The Morgan fingerprint density at radius 3 is 2.44 bits per heavy atom. The van der Waals surface area contributed by atoms with E-state index in [-0.39, 0.29) is 11.7 Å². The fraction of sp³-hybridized carbons (Fsp3) is 0.120. The Balaban J connectivity index is 1.51. The Labute approximate surface area is 212 Å². The van der Waals surface area contributed by atoms with E-state index in [1.807, 2.05) is 66.1 Å². The number of hydrogen-bond acceptors (Lipinski definition) is 5. The summed E-state index contributed by atoms with van der Waals surface area (Å²) < 4.78 is 1.95. The summed E-state index contributed by atoms with van der Waals surface area (Å²) in [6.45, 7) is 3.82. The van der Waals surface area contributed by atoms with Gasteiger partial charge in [-0.25, -0.2) is 5.43 Å². The van der Waals surface area contributed by atoms with Crippen LogP contribution >= 0.6 is 35.0 Å². The molecule has 0 radical (unpaired) electrons. The molecule has 4 aromatic rings. The first kappa shape index (κ1) is 24.0. The Bertz CT molecular complexity index is 1340. The van der Waals surface area contributed by atoms with E-state index in [4.69, 9.17) is 23.2 Å². The molecule has 1 heterocycles. The lowest BCUT2D eigenvalue weighted by atomic mass is 10.1. The highest BCUT2D eigenvalue weighted by atomic mass is 35.5. The molecule has 0 aliphatic carbocycles. The first-order chi connectivity index (χ1) is 16.4. The molecule has 0 bridgehead atoms. The zero-order valence-electron chi connectivity index (χ0n) is 18.5. The number of nitrogens with zero attached hydrogens (tertiary/aromatic N) is 4. The molecule has 172 valence electrons. The summed E-state index contributed by atoms with van der Waals surface area (Å²) in [5.41, 5.74) is 7.00. The smallest absolute Gasteiger partial charge is 0.250 e. The zero-order valence-corrected chi connectivity index (χ0v) is 20.8. The van der Waals surface area contributed by atoms with Crippen molar-refractivity contribution in [1.82, 2.24) is 20.2 Å². The van der Waals surface area contributed by atoms with Crippen LogP contribution in [-0.2, 0) is 4.79 Å². The number of rotatable bonds is 7. The van der Waals surface area contributed by atoms with Crippen LogP contribution in [0, 0.1) is 6.92 Å². The van der Waals surface area contributed by atoms with Crippen molar-refractivity contribution >= 4 is 46.6 Å². The third-order valence-electron chi connectivity index (χ3n) is 4.98. The summed E-state index contributed by atoms with van der Waals surface area (Å²) in [4.78, 5) is 12.5. The zero-order chi connectivity index (χ0) is 24.1. The summed E-state index contributed by atoms with van der Waals surface area (Å²) in [5, 5.41) is 14.5. The summed E-state index contributed by atoms with van der Waals surface area (Å²) in [5.74, 6) is 0.573. The average molecular weight is 510 g/mol. The Morgan fingerprint density at radius 2 is 1.74 bits per heavy atom. The SMILES string of the molecule is C/C(=N\NC(=O)CSc1nnc(-c2ccc(C)cc2)n1-c1ccccc1)c1ccc(Cl)c(Cl)c1. The molecule has 34 heavy (non-hydrogen) atoms. The van der Waals surface area contributed by atoms with E-state index in [1.54, 1.807) is 25.1 Å². The number of carbonyl (C=O) groups is 1. The summed E-state index contributed by atoms with van der Waals surface area (Å²) in [7, 11) is 0. The van der Waals surface area contributed by atoms with Crippen molar-refractivity contribution in [2.24, 2.45) is 5.10 Å². The van der Waals surface area contributed by atoms with Gasteiger partial charge in [0, 0.05) is 11.3 Å². The number of halogens is 2. The van der Waals surface area contributed by atoms with Gasteiger partial charge in [0.1, 0.15) is 0 Å². The molecule has 1 amide bonds. The normalized spacial score (nSPS) is 11.5. The largest absolute Gasteiger partial charge is 0.272 e. The van der Waals surface area contributed by atoms with Gasteiger partial charge in [-0.15, -0.1) is 10.2 Å². The predicted octanol–water partition coefficient (Wildman–Crippen LogP) is 6.18. The van der Waals surface area contributed by atoms with E-state index < -0.39 is 0 Å². The molecule has 0 aliphatic heterocycles. The maximum Gasteiger partial charge on any atom is 0.250 e. The van der Waals surface area contributed by atoms with E-state index in [0.29, 0.717) is 26.7 Å². The van der Waals surface area contributed by atoms with Crippen LogP contribution in [-0.4, -0.2) is 32.1 Å². The number of hydrogen-bond donors (Lipinski definition) is 1. The van der Waals surface area contributed by atoms with Crippen LogP contribution in [0.4, 0.5) is 0 Å². The fourth-order valence-corrected chi connectivity index (χ4v) is 4.20. The molecule has 1 N–H and O–H groups in total. The number of aryl methyl sites for hydroxylation is 1. The van der Waals surface area contributed by atoms with Crippen molar-refractivity contribution < 1.29 is 4.79 Å². The number of aromatic nitrogens is 3. The lowest BCUT2D eigenvalue weighted by Crippen LogP contribution is -2.21. The number of amides is 1. The molecule has 9 heteroatoms. The standard InChI is InChI=1S/C25H21Cl2N5OS/c1-16-8-10-18(11-9-16)24-30-31-25(32(24)20-6-4-3-5-7-20)34-15-23(33)29-28-17(2)19-12-13-21(26)22(27)14-19/h3-14H,15H2,1-2H3,(H,29,33)/b28-17+. The van der Waals surface area contributed by atoms with E-state index in [9.17, 15) is 4.79 Å². The highest BCUT2D eigenvalue weighted by Crippen LogP contribution is 2.28. The highest BCUT2D eigenvalue weighted by molar-refractivity contribution is 7.99. The van der Waals surface area contributed by atoms with Gasteiger partial charge in [0.2, 0.25) is 0 Å². The van der Waals surface area contributed by atoms with Crippen molar-refractivity contribution in [2.75, 3.05) is 5.75 Å². The number of para-hydroxylation sites is 1. The molecule has 0 atom stereocenters. The Morgan fingerprint density at radius 1 is 1.00 bits per heavy atom. The molecule has 0 unspecified atom stereocenters. The van der Waals surface area contributed by atoms with Gasteiger partial charge in [-0.1, -0.05) is 89.1 Å². The van der Waals surface area contributed by atoms with Crippen LogP contribution in [0.5, 0.6) is 0 Å². The number of thioether (sulfide) groups is 1. The first-order valence-corrected chi connectivity index (χ1v) is 12.2. The monoisotopic (exact) mass is 509 g/mol. The molecular formula is C25H21Cl2N5OS. The molecule has 0 spiro atoms. The molecule has 6 nitrogen and oxygen atoms in total. The summed E-state index contributed by atoms with van der Waals surface area (Å²) >= 11 is 13.3. The van der Waals surface area contributed by atoms with Crippen LogP contribution in [0.2, 0.25) is 10.0 Å². The van der Waals surface area contributed by atoms with Crippen molar-refractivity contribution in [3.63, 3.8) is 0 Å². The number of nitrogens with one attached hydrogen (secondary N) is 1. The van der Waals surface area contributed by atoms with Gasteiger partial charge in [-0.3, -0.25) is 9.36 Å². The molecule has 0 saturated heterocycles. The topological polar surface area (TPSA) is 72.2 Å². The number of carbonyl (C=O) groups excluding carboxylic acids is 1. The minimum Gasteiger partial charge on any atom is -0.272 e. The van der Waals surface area contributed by atoms with Gasteiger partial charge < -0.3 is 0 Å². The third kappa shape index (κ3) is 5.67. The third-order valence-corrected chi connectivity index (χ3v) is 6.64. The van der Waals surface area contributed by atoms with Gasteiger partial charge >= 0.3 is 0 Å². The van der Waals surface area contributed by atoms with Gasteiger partial charge in [-0.05, 0) is 43.7 Å². The second kappa shape index (κ2) is 10.9. The van der Waals surface area contributed by atoms with Crippen molar-refractivity contribution in [3.05, 3.63) is 94.0 Å². The van der Waals surface area contributed by atoms with Crippen molar-refractivity contribution in [1.29, 1.82) is 0 Å². The second-order valence-corrected chi connectivity index (χ2v) is 9.25. The lowest BCUT2D eigenvalue weighted by Gasteiger charge is -2.10. The first-order valence-electron chi connectivity index (χ1n) is 10.4. The van der Waals surface area contributed by atoms with Crippen LogP contribution < -0.4 is 5.43 Å². The predicted molar refractivity (Wildman–Crippen MR) is 139 cm³/mol. The van der Waals surface area contributed by atoms with E-state index in [2.05, 4.69) is 20.7 Å². The fourth-order valence-electron chi connectivity index (χ4n) is 3.16. The summed E-state index contributed by atoms with van der Waals surface area (Å²) in [6, 6.07) is 23.1. The molecule has 4 rings (SSSR count). The molecule has 0 aliphatic rings. The van der Waals surface area contributed by atoms with E-state index in [0.717, 1.165) is 22.4 Å². The van der Waals surface area contributed by atoms with Crippen LogP contribution in [0.15, 0.2) is 83.1 Å². The van der Waals surface area contributed by atoms with Crippen LogP contribution in [0.1, 0.15) is 18.1 Å². The molecule has 0 saturated carbocycles. The van der Waals surface area contributed by atoms with Gasteiger partial charge in [-0.2, -0.15) is 5.10 Å². The molecule has 1 aromatic heterocycles. The maximum atomic E-state index is 12.5. The Kier molecular flexibility index (Phi) is 7.67. The van der Waals surface area contributed by atoms with Crippen LogP contribution in [0.25, 0.3) is 17.1 Å². The van der Waals surface area contributed by atoms with E-state index in [1.165, 1.54) is 11.8 Å². The van der Waals surface area contributed by atoms with Gasteiger partial charge in [0.15, 0.2) is 11.0 Å². The maximum absolute atomic E-state index is 12.5. The van der Waals surface area contributed by atoms with Crippen molar-refractivity contribution in [3.8, 4) is 17.1 Å². The van der Waals surface area contributed by atoms with Crippen molar-refractivity contribution in [2.45, 2.75) is 19.0 Å². The second-order valence-electron chi connectivity index (χ2n) is 7.49. The Hall–Kier alpha value is -3.13. The molecule has 0 fully saturated rings. The average Bonchev–Trinajstić information content (AvgIpc) is 3.28. The lowest BCUT2D eigenvalue weighted by molar-refractivity contribution is -0.118. The van der Waals surface area contributed by atoms with E-state index >= 15 is 0 Å². The van der Waals surface area contributed by atoms with Crippen LogP contribution in [0.3, 0.4) is 0 Å². The summed E-state index contributed by atoms with van der Waals surface area (Å²) in [6.07, 6.45) is 0. The van der Waals surface area contributed by atoms with Gasteiger partial charge in [0.25, 0.3) is 5.91 Å². The van der Waals surface area contributed by atoms with Gasteiger partial charge in [0.05, 0.1) is 21.5 Å².